The monoisotopic (exact) mass is 254 g/mol. The Morgan fingerprint density at radius 2 is 2.29 bits per heavy atom. The van der Waals surface area contributed by atoms with Crippen LogP contribution in [-0.4, -0.2) is 32.1 Å². The van der Waals surface area contributed by atoms with Crippen LogP contribution in [-0.2, 0) is 11.3 Å². The Morgan fingerprint density at radius 1 is 1.53 bits per heavy atom. The minimum absolute atomic E-state index is 0.125. The minimum Gasteiger partial charge on any atom is -0.480 e. The molecular formula is C10H11ClN4O2. The van der Waals surface area contributed by atoms with Crippen molar-refractivity contribution in [1.82, 2.24) is 19.9 Å². The molecule has 2 aromatic rings. The number of imidazole rings is 1. The van der Waals surface area contributed by atoms with Crippen LogP contribution in [0.25, 0.3) is 11.2 Å². The van der Waals surface area contributed by atoms with Gasteiger partial charge in [-0.1, -0.05) is 11.6 Å². The van der Waals surface area contributed by atoms with Crippen LogP contribution in [0.4, 0.5) is 0 Å². The highest BCUT2D eigenvalue weighted by atomic mass is 35.5. The summed E-state index contributed by atoms with van der Waals surface area (Å²) in [5.41, 5.74) is 1.06. The van der Waals surface area contributed by atoms with E-state index in [2.05, 4.69) is 15.3 Å². The summed E-state index contributed by atoms with van der Waals surface area (Å²) in [6.07, 6.45) is 0. The molecular weight excluding hydrogens is 244 g/mol. The van der Waals surface area contributed by atoms with E-state index in [1.807, 2.05) is 0 Å². The van der Waals surface area contributed by atoms with Crippen LogP contribution in [0.3, 0.4) is 0 Å². The minimum atomic E-state index is -0.139. The topological polar surface area (TPSA) is 80.0 Å². The Hall–Kier alpha value is -1.82. The molecule has 7 heteroatoms. The Bertz CT molecular complexity index is 567. The number of amides is 1. The summed E-state index contributed by atoms with van der Waals surface area (Å²) in [6.45, 7) is 2.21. The average molecular weight is 255 g/mol. The van der Waals surface area contributed by atoms with Gasteiger partial charge in [0.05, 0.1) is 0 Å². The normalized spacial score (nSPS) is 10.7. The predicted octanol–water partition coefficient (Wildman–Crippen LogP) is 0.926. The van der Waals surface area contributed by atoms with E-state index < -0.39 is 0 Å². The van der Waals surface area contributed by atoms with Gasteiger partial charge in [0, 0.05) is 20.0 Å². The molecule has 0 saturated carbocycles. The Kier molecular flexibility index (Phi) is 3.14. The van der Waals surface area contributed by atoms with Crippen molar-refractivity contribution in [2.75, 3.05) is 6.54 Å². The third kappa shape index (κ3) is 2.47. The third-order valence-corrected chi connectivity index (χ3v) is 2.46. The van der Waals surface area contributed by atoms with E-state index in [-0.39, 0.29) is 11.9 Å². The lowest BCUT2D eigenvalue weighted by atomic mass is 10.4. The molecule has 0 aliphatic heterocycles. The Balaban J connectivity index is 2.28. The number of aromatic nitrogens is 3. The second kappa shape index (κ2) is 4.58. The summed E-state index contributed by atoms with van der Waals surface area (Å²) < 4.78 is 1.50. The molecule has 0 saturated heterocycles. The molecule has 0 aliphatic rings. The van der Waals surface area contributed by atoms with E-state index in [0.29, 0.717) is 29.4 Å². The molecule has 0 fully saturated rings. The van der Waals surface area contributed by atoms with Crippen molar-refractivity contribution in [3.05, 3.63) is 17.3 Å². The molecule has 2 heterocycles. The largest absolute Gasteiger partial charge is 0.480 e. The number of pyridine rings is 1. The summed E-state index contributed by atoms with van der Waals surface area (Å²) in [5, 5.41) is 12.6. The van der Waals surface area contributed by atoms with Crippen molar-refractivity contribution in [3.8, 4) is 6.01 Å². The van der Waals surface area contributed by atoms with Gasteiger partial charge in [0.2, 0.25) is 5.91 Å². The van der Waals surface area contributed by atoms with E-state index in [9.17, 15) is 9.90 Å². The van der Waals surface area contributed by atoms with Crippen LogP contribution in [0.15, 0.2) is 12.1 Å². The smallest absolute Gasteiger partial charge is 0.296 e. The summed E-state index contributed by atoms with van der Waals surface area (Å²) >= 11 is 5.78. The number of fused-ring (bicyclic) bond motifs is 1. The SMILES string of the molecule is CC(=O)NCCn1c(O)nc2ccc(Cl)nc21. The van der Waals surface area contributed by atoms with E-state index in [1.54, 1.807) is 12.1 Å². The van der Waals surface area contributed by atoms with Crippen LogP contribution in [0.5, 0.6) is 6.01 Å². The molecule has 2 N–H and O–H groups in total. The molecule has 17 heavy (non-hydrogen) atoms. The van der Waals surface area contributed by atoms with Gasteiger partial charge in [-0.25, -0.2) is 4.98 Å². The first-order valence-electron chi connectivity index (χ1n) is 5.04. The van der Waals surface area contributed by atoms with Gasteiger partial charge < -0.3 is 10.4 Å². The van der Waals surface area contributed by atoms with Crippen molar-refractivity contribution in [2.45, 2.75) is 13.5 Å². The van der Waals surface area contributed by atoms with Gasteiger partial charge in [-0.05, 0) is 12.1 Å². The first kappa shape index (κ1) is 11.7. The van der Waals surface area contributed by atoms with Gasteiger partial charge in [0.1, 0.15) is 10.7 Å². The highest BCUT2D eigenvalue weighted by molar-refractivity contribution is 6.29. The average Bonchev–Trinajstić information content (AvgIpc) is 2.55. The Labute approximate surface area is 102 Å². The van der Waals surface area contributed by atoms with Gasteiger partial charge in [-0.3, -0.25) is 9.36 Å². The zero-order chi connectivity index (χ0) is 12.4. The predicted molar refractivity (Wildman–Crippen MR) is 62.9 cm³/mol. The lowest BCUT2D eigenvalue weighted by Gasteiger charge is -2.05. The van der Waals surface area contributed by atoms with E-state index in [4.69, 9.17) is 11.6 Å². The molecule has 2 rings (SSSR count). The van der Waals surface area contributed by atoms with Gasteiger partial charge in [-0.2, -0.15) is 4.98 Å². The molecule has 0 atom stereocenters. The maximum Gasteiger partial charge on any atom is 0.296 e. The van der Waals surface area contributed by atoms with Crippen LogP contribution < -0.4 is 5.32 Å². The number of nitrogens with one attached hydrogen (secondary N) is 1. The molecule has 1 amide bonds. The van der Waals surface area contributed by atoms with Crippen molar-refractivity contribution in [2.24, 2.45) is 0 Å². The summed E-state index contributed by atoms with van der Waals surface area (Å²) in [7, 11) is 0. The first-order valence-corrected chi connectivity index (χ1v) is 5.42. The highest BCUT2D eigenvalue weighted by Crippen LogP contribution is 2.20. The molecule has 0 unspecified atom stereocenters. The summed E-state index contributed by atoms with van der Waals surface area (Å²) in [4.78, 5) is 18.8. The van der Waals surface area contributed by atoms with E-state index in [0.717, 1.165) is 0 Å². The van der Waals surface area contributed by atoms with Crippen LogP contribution in [0.2, 0.25) is 5.15 Å². The van der Waals surface area contributed by atoms with Crippen molar-refractivity contribution in [3.63, 3.8) is 0 Å². The number of hydrogen-bond acceptors (Lipinski definition) is 4. The summed E-state index contributed by atoms with van der Waals surface area (Å²) in [6, 6.07) is 3.15. The lowest BCUT2D eigenvalue weighted by molar-refractivity contribution is -0.118. The van der Waals surface area contributed by atoms with Gasteiger partial charge in [0.15, 0.2) is 5.65 Å². The zero-order valence-corrected chi connectivity index (χ0v) is 9.90. The fraction of sp³-hybridized carbons (Fsp3) is 0.300. The van der Waals surface area contributed by atoms with Gasteiger partial charge >= 0.3 is 0 Å². The number of halogens is 1. The summed E-state index contributed by atoms with van der Waals surface area (Å²) in [5.74, 6) is -0.125. The quantitative estimate of drug-likeness (QED) is 0.799. The molecule has 0 radical (unpaired) electrons. The van der Waals surface area contributed by atoms with Crippen molar-refractivity contribution >= 4 is 28.7 Å². The fourth-order valence-electron chi connectivity index (χ4n) is 1.52. The molecule has 0 aliphatic carbocycles. The maximum atomic E-state index is 10.7. The van der Waals surface area contributed by atoms with Crippen LogP contribution in [0.1, 0.15) is 6.92 Å². The van der Waals surface area contributed by atoms with E-state index in [1.165, 1.54) is 11.5 Å². The second-order valence-corrected chi connectivity index (χ2v) is 3.91. The molecule has 0 spiro atoms. The number of carbonyl (C=O) groups is 1. The van der Waals surface area contributed by atoms with E-state index >= 15 is 0 Å². The molecule has 0 aromatic carbocycles. The number of aromatic hydroxyl groups is 1. The molecule has 2 aromatic heterocycles. The van der Waals surface area contributed by atoms with Gasteiger partial charge in [-0.15, -0.1) is 0 Å². The fourth-order valence-corrected chi connectivity index (χ4v) is 1.66. The number of hydrogen-bond donors (Lipinski definition) is 2. The third-order valence-electron chi connectivity index (χ3n) is 2.25. The molecule has 6 nitrogen and oxygen atoms in total. The standard InChI is InChI=1S/C10H11ClN4O2/c1-6(16)12-4-5-15-9-7(13-10(15)17)2-3-8(11)14-9/h2-3H,4-5H2,1H3,(H,12,16)(H,13,17). The molecule has 90 valence electrons. The molecule has 0 bridgehead atoms. The zero-order valence-electron chi connectivity index (χ0n) is 9.14. The lowest BCUT2D eigenvalue weighted by Crippen LogP contribution is -2.24. The van der Waals surface area contributed by atoms with Crippen molar-refractivity contribution in [1.29, 1.82) is 0 Å². The highest BCUT2D eigenvalue weighted by Gasteiger charge is 2.11. The Morgan fingerprint density at radius 3 is 3.00 bits per heavy atom. The van der Waals surface area contributed by atoms with Crippen LogP contribution in [0, 0.1) is 0 Å². The maximum absolute atomic E-state index is 10.7. The second-order valence-electron chi connectivity index (χ2n) is 3.52. The number of rotatable bonds is 3. The van der Waals surface area contributed by atoms with Crippen LogP contribution >= 0.6 is 11.6 Å². The van der Waals surface area contributed by atoms with Gasteiger partial charge in [0.25, 0.3) is 6.01 Å². The first-order chi connectivity index (χ1) is 8.08. The number of nitrogens with zero attached hydrogens (tertiary/aromatic N) is 3. The van der Waals surface area contributed by atoms with Crippen molar-refractivity contribution < 1.29 is 9.90 Å². The number of carbonyl (C=O) groups excluding carboxylic acids is 1.